The molecule has 12 heavy (non-hydrogen) atoms. The molecule has 0 aliphatic carbocycles. The van der Waals surface area contributed by atoms with Gasteiger partial charge in [-0.25, -0.2) is 4.98 Å². The fourth-order valence-corrected chi connectivity index (χ4v) is 2.02. The van der Waals surface area contributed by atoms with Gasteiger partial charge in [-0.15, -0.1) is 0 Å². The number of carbonyl (C=O) groups excluding carboxylic acids is 1. The molecule has 1 aromatic heterocycles. The van der Waals surface area contributed by atoms with Crippen molar-refractivity contribution in [3.05, 3.63) is 16.1 Å². The molecular weight excluding hydrogens is 222 g/mol. The third-order valence-electron chi connectivity index (χ3n) is 1.93. The Balaban J connectivity index is 2.62. The van der Waals surface area contributed by atoms with Gasteiger partial charge in [-0.2, -0.15) is 0 Å². The quantitative estimate of drug-likeness (QED) is 0.712. The van der Waals surface area contributed by atoms with Crippen LogP contribution in [-0.4, -0.2) is 22.0 Å². The Bertz CT molecular complexity index is 345. The van der Waals surface area contributed by atoms with E-state index >= 15 is 0 Å². The molecule has 0 radical (unpaired) electrons. The van der Waals surface area contributed by atoms with Crippen molar-refractivity contribution < 1.29 is 4.79 Å². The van der Waals surface area contributed by atoms with E-state index in [-0.39, 0.29) is 5.91 Å². The first-order valence-electron chi connectivity index (χ1n) is 3.71. The monoisotopic (exact) mass is 229 g/mol. The number of rotatable bonds is 0. The molecule has 5 heteroatoms. The van der Waals surface area contributed by atoms with Crippen molar-refractivity contribution in [3.63, 3.8) is 0 Å². The first kappa shape index (κ1) is 7.79. The van der Waals surface area contributed by atoms with Crippen LogP contribution in [0.5, 0.6) is 0 Å². The van der Waals surface area contributed by atoms with Crippen molar-refractivity contribution in [2.24, 2.45) is 0 Å². The number of fused-ring (bicyclic) bond motifs is 1. The summed E-state index contributed by atoms with van der Waals surface area (Å²) in [5.74, 6) is -0.0306. The number of halogens is 1. The number of imidazole rings is 1. The van der Waals surface area contributed by atoms with Gasteiger partial charge >= 0.3 is 0 Å². The van der Waals surface area contributed by atoms with Crippen molar-refractivity contribution in [3.8, 4) is 0 Å². The normalized spacial score (nSPS) is 15.7. The molecule has 2 rings (SSSR count). The lowest BCUT2D eigenvalue weighted by Gasteiger charge is -2.15. The van der Waals surface area contributed by atoms with E-state index in [1.54, 1.807) is 0 Å². The second kappa shape index (κ2) is 2.58. The summed E-state index contributed by atoms with van der Waals surface area (Å²) in [4.78, 5) is 15.5. The van der Waals surface area contributed by atoms with Crippen LogP contribution in [0.3, 0.4) is 0 Å². The highest BCUT2D eigenvalue weighted by Crippen LogP contribution is 2.17. The number of nitrogens with zero attached hydrogens (tertiary/aromatic N) is 2. The van der Waals surface area contributed by atoms with Gasteiger partial charge in [0.15, 0.2) is 4.73 Å². The Kier molecular flexibility index (Phi) is 1.68. The molecular formula is C7H8BrN3O. The van der Waals surface area contributed by atoms with Gasteiger partial charge in [0.25, 0.3) is 5.91 Å². The lowest BCUT2D eigenvalue weighted by atomic mass is 10.3. The molecule has 0 atom stereocenters. The van der Waals surface area contributed by atoms with Crippen molar-refractivity contribution in [1.29, 1.82) is 0 Å². The number of nitrogens with one attached hydrogen (secondary N) is 1. The van der Waals surface area contributed by atoms with Crippen LogP contribution in [0, 0.1) is 6.92 Å². The lowest BCUT2D eigenvalue weighted by Crippen LogP contribution is -2.35. The van der Waals surface area contributed by atoms with E-state index in [4.69, 9.17) is 0 Å². The maximum atomic E-state index is 11.3. The topological polar surface area (TPSA) is 46.9 Å². The molecule has 1 aliphatic rings. The molecule has 2 heterocycles. The molecule has 0 saturated heterocycles. The number of aryl methyl sites for hydroxylation is 1. The van der Waals surface area contributed by atoms with Crippen molar-refractivity contribution in [2.75, 3.05) is 6.54 Å². The Labute approximate surface area is 78.1 Å². The van der Waals surface area contributed by atoms with Gasteiger partial charge in [0.1, 0.15) is 5.69 Å². The van der Waals surface area contributed by atoms with Gasteiger partial charge in [-0.3, -0.25) is 4.79 Å². The highest BCUT2D eigenvalue weighted by Gasteiger charge is 2.22. The van der Waals surface area contributed by atoms with Crippen LogP contribution in [0.1, 0.15) is 16.2 Å². The molecule has 64 valence electrons. The zero-order valence-electron chi connectivity index (χ0n) is 6.59. The highest BCUT2D eigenvalue weighted by molar-refractivity contribution is 9.10. The summed E-state index contributed by atoms with van der Waals surface area (Å²) in [6.07, 6.45) is 0. The molecule has 0 bridgehead atoms. The average molecular weight is 230 g/mol. The van der Waals surface area contributed by atoms with Gasteiger partial charge in [0.2, 0.25) is 0 Å². The number of aromatic nitrogens is 2. The maximum Gasteiger partial charge on any atom is 0.269 e. The number of carbonyl (C=O) groups is 1. The van der Waals surface area contributed by atoms with Crippen LogP contribution < -0.4 is 5.32 Å². The van der Waals surface area contributed by atoms with E-state index in [1.165, 1.54) is 0 Å². The first-order chi connectivity index (χ1) is 5.70. The van der Waals surface area contributed by atoms with E-state index in [0.717, 1.165) is 17.0 Å². The van der Waals surface area contributed by atoms with Crippen LogP contribution in [0.15, 0.2) is 4.73 Å². The predicted molar refractivity (Wildman–Crippen MR) is 47.0 cm³/mol. The zero-order chi connectivity index (χ0) is 8.72. The van der Waals surface area contributed by atoms with Crippen LogP contribution in [0.4, 0.5) is 0 Å². The Morgan fingerprint density at radius 1 is 1.67 bits per heavy atom. The summed E-state index contributed by atoms with van der Waals surface area (Å²) in [5, 5.41) is 2.77. The molecule has 0 unspecified atom stereocenters. The lowest BCUT2D eigenvalue weighted by molar-refractivity contribution is 0.0926. The van der Waals surface area contributed by atoms with Gasteiger partial charge in [0, 0.05) is 13.1 Å². The third kappa shape index (κ3) is 0.964. The van der Waals surface area contributed by atoms with Crippen LogP contribution in [0.2, 0.25) is 0 Å². The summed E-state index contributed by atoms with van der Waals surface area (Å²) < 4.78 is 2.62. The van der Waals surface area contributed by atoms with Gasteiger partial charge < -0.3 is 9.88 Å². The van der Waals surface area contributed by atoms with Crippen LogP contribution >= 0.6 is 15.9 Å². The molecule has 0 spiro atoms. The fraction of sp³-hybridized carbons (Fsp3) is 0.429. The summed E-state index contributed by atoms with van der Waals surface area (Å²) in [6.45, 7) is 3.31. The molecule has 1 N–H and O–H groups in total. The van der Waals surface area contributed by atoms with Crippen LogP contribution in [0.25, 0.3) is 0 Å². The Morgan fingerprint density at radius 2 is 2.42 bits per heavy atom. The van der Waals surface area contributed by atoms with E-state index in [2.05, 4.69) is 26.2 Å². The minimum Gasteiger partial charge on any atom is -0.349 e. The molecule has 0 fully saturated rings. The molecule has 1 aromatic rings. The van der Waals surface area contributed by atoms with Gasteiger partial charge in [0.05, 0.1) is 5.69 Å². The maximum absolute atomic E-state index is 11.3. The Morgan fingerprint density at radius 3 is 3.08 bits per heavy atom. The number of hydrogen-bond donors (Lipinski definition) is 1. The molecule has 4 nitrogen and oxygen atoms in total. The Hall–Kier alpha value is -0.840. The predicted octanol–water partition coefficient (Wildman–Crippen LogP) is 0.697. The first-order valence-corrected chi connectivity index (χ1v) is 4.50. The SMILES string of the molecule is Cc1nc(Br)n2c1C(=O)NCC2. The van der Waals surface area contributed by atoms with E-state index in [1.807, 2.05) is 11.5 Å². The van der Waals surface area contributed by atoms with E-state index in [9.17, 15) is 4.79 Å². The minimum absolute atomic E-state index is 0.0306. The van der Waals surface area contributed by atoms with Crippen molar-refractivity contribution >= 4 is 21.8 Å². The summed E-state index contributed by atoms with van der Waals surface area (Å²) in [5.41, 5.74) is 1.45. The van der Waals surface area contributed by atoms with Crippen molar-refractivity contribution in [1.82, 2.24) is 14.9 Å². The number of amides is 1. The molecule has 1 amide bonds. The largest absolute Gasteiger partial charge is 0.349 e. The third-order valence-corrected chi connectivity index (χ3v) is 2.54. The molecule has 0 aromatic carbocycles. The second-order valence-corrected chi connectivity index (χ2v) is 3.43. The van der Waals surface area contributed by atoms with Gasteiger partial charge in [-0.05, 0) is 22.9 Å². The highest BCUT2D eigenvalue weighted by atomic mass is 79.9. The number of hydrogen-bond acceptors (Lipinski definition) is 2. The smallest absolute Gasteiger partial charge is 0.269 e. The summed E-state index contributed by atoms with van der Waals surface area (Å²) in [7, 11) is 0. The fourth-order valence-electron chi connectivity index (χ4n) is 1.40. The zero-order valence-corrected chi connectivity index (χ0v) is 8.18. The van der Waals surface area contributed by atoms with Crippen molar-refractivity contribution in [2.45, 2.75) is 13.5 Å². The summed E-state index contributed by atoms with van der Waals surface area (Å²) in [6, 6.07) is 0. The molecule has 0 saturated carbocycles. The average Bonchev–Trinajstić information content (AvgIpc) is 2.29. The van der Waals surface area contributed by atoms with E-state index in [0.29, 0.717) is 12.2 Å². The van der Waals surface area contributed by atoms with E-state index < -0.39 is 0 Å². The summed E-state index contributed by atoms with van der Waals surface area (Å²) >= 11 is 3.30. The standard InChI is InChI=1S/C7H8BrN3O/c1-4-5-6(12)9-2-3-11(5)7(8)10-4/h2-3H2,1H3,(H,9,12). The molecule has 1 aliphatic heterocycles. The van der Waals surface area contributed by atoms with Crippen LogP contribution in [-0.2, 0) is 6.54 Å². The minimum atomic E-state index is -0.0306. The van der Waals surface area contributed by atoms with Gasteiger partial charge in [-0.1, -0.05) is 0 Å². The second-order valence-electron chi connectivity index (χ2n) is 2.72.